The summed E-state index contributed by atoms with van der Waals surface area (Å²) in [5.74, 6) is 0.884. The number of nitrogens with zero attached hydrogens (tertiary/aromatic N) is 3. The zero-order valence-corrected chi connectivity index (χ0v) is 12.3. The molecule has 3 rings (SSSR count). The van der Waals surface area contributed by atoms with Crippen LogP contribution in [0.25, 0.3) is 10.2 Å². The summed E-state index contributed by atoms with van der Waals surface area (Å²) < 4.78 is 1.68. The van der Waals surface area contributed by atoms with Crippen molar-refractivity contribution in [3.63, 3.8) is 0 Å². The fraction of sp³-hybridized carbons (Fsp3) is 0.357. The van der Waals surface area contributed by atoms with Crippen LogP contribution in [-0.4, -0.2) is 19.5 Å². The first-order valence-electron chi connectivity index (χ1n) is 6.66. The van der Waals surface area contributed by atoms with Crippen LogP contribution < -0.4 is 5.56 Å². The van der Waals surface area contributed by atoms with E-state index in [4.69, 9.17) is 0 Å². The third-order valence-corrected chi connectivity index (χ3v) is 4.53. The molecule has 0 atom stereocenters. The van der Waals surface area contributed by atoms with Crippen molar-refractivity contribution in [3.05, 3.63) is 45.3 Å². The number of aromatic amines is 1. The zero-order chi connectivity index (χ0) is 14.1. The van der Waals surface area contributed by atoms with Gasteiger partial charge in [0, 0.05) is 30.2 Å². The van der Waals surface area contributed by atoms with Gasteiger partial charge in [-0.05, 0) is 18.9 Å². The molecule has 0 fully saturated rings. The van der Waals surface area contributed by atoms with Crippen LogP contribution in [0.2, 0.25) is 0 Å². The molecular formula is C14H16N4OS. The summed E-state index contributed by atoms with van der Waals surface area (Å²) in [6, 6.07) is 0. The van der Waals surface area contributed by atoms with Gasteiger partial charge in [0.15, 0.2) is 0 Å². The molecule has 0 saturated heterocycles. The Morgan fingerprint density at radius 2 is 2.25 bits per heavy atom. The third kappa shape index (κ3) is 2.16. The Bertz CT molecular complexity index is 785. The lowest BCUT2D eigenvalue weighted by Crippen LogP contribution is -2.22. The third-order valence-electron chi connectivity index (χ3n) is 3.48. The Hall–Kier alpha value is -1.95. The van der Waals surface area contributed by atoms with Gasteiger partial charge in [0.25, 0.3) is 5.56 Å². The van der Waals surface area contributed by atoms with Gasteiger partial charge >= 0.3 is 0 Å². The second-order valence-electron chi connectivity index (χ2n) is 4.70. The highest BCUT2D eigenvalue weighted by atomic mass is 32.1. The summed E-state index contributed by atoms with van der Waals surface area (Å²) in [5, 5.41) is 0.789. The van der Waals surface area contributed by atoms with Crippen molar-refractivity contribution in [1.82, 2.24) is 19.5 Å². The predicted octanol–water partition coefficient (Wildman–Crippen LogP) is 2.29. The van der Waals surface area contributed by atoms with E-state index in [0.29, 0.717) is 13.0 Å². The first-order chi connectivity index (χ1) is 9.70. The highest BCUT2D eigenvalue weighted by Gasteiger charge is 2.13. The fourth-order valence-electron chi connectivity index (χ4n) is 2.44. The Morgan fingerprint density at radius 1 is 1.40 bits per heavy atom. The van der Waals surface area contributed by atoms with Crippen LogP contribution in [-0.2, 0) is 19.4 Å². The predicted molar refractivity (Wildman–Crippen MR) is 80.3 cm³/mol. The van der Waals surface area contributed by atoms with Crippen molar-refractivity contribution in [1.29, 1.82) is 0 Å². The maximum Gasteiger partial charge on any atom is 0.262 e. The van der Waals surface area contributed by atoms with Gasteiger partial charge in [0.05, 0.1) is 11.7 Å². The number of thiophene rings is 1. The van der Waals surface area contributed by atoms with E-state index in [1.165, 1.54) is 4.88 Å². The summed E-state index contributed by atoms with van der Waals surface area (Å²) in [4.78, 5) is 26.3. The molecule has 20 heavy (non-hydrogen) atoms. The van der Waals surface area contributed by atoms with Crippen LogP contribution in [0.5, 0.6) is 0 Å². The molecule has 0 spiro atoms. The minimum absolute atomic E-state index is 0.0581. The second-order valence-corrected chi connectivity index (χ2v) is 5.90. The molecule has 0 aromatic carbocycles. The molecule has 0 saturated carbocycles. The van der Waals surface area contributed by atoms with Crippen molar-refractivity contribution in [3.8, 4) is 0 Å². The van der Waals surface area contributed by atoms with Gasteiger partial charge < -0.3 is 4.98 Å². The summed E-state index contributed by atoms with van der Waals surface area (Å²) in [5.41, 5.74) is 1.19. The van der Waals surface area contributed by atoms with Gasteiger partial charge in [-0.2, -0.15) is 0 Å². The molecule has 0 bridgehead atoms. The fourth-order valence-corrected chi connectivity index (χ4v) is 3.51. The van der Waals surface area contributed by atoms with E-state index in [-0.39, 0.29) is 5.56 Å². The number of aryl methyl sites for hydroxylation is 4. The van der Waals surface area contributed by atoms with Crippen molar-refractivity contribution in [2.45, 2.75) is 33.2 Å². The van der Waals surface area contributed by atoms with E-state index in [9.17, 15) is 4.79 Å². The number of hydrogen-bond acceptors (Lipinski definition) is 4. The Kier molecular flexibility index (Phi) is 3.40. The smallest absolute Gasteiger partial charge is 0.262 e. The first kappa shape index (κ1) is 13.1. The van der Waals surface area contributed by atoms with Crippen LogP contribution in [0.15, 0.2) is 23.5 Å². The molecule has 0 aliphatic carbocycles. The van der Waals surface area contributed by atoms with E-state index in [1.54, 1.807) is 34.6 Å². The van der Waals surface area contributed by atoms with Gasteiger partial charge in [0.1, 0.15) is 10.7 Å². The molecule has 6 heteroatoms. The van der Waals surface area contributed by atoms with Crippen LogP contribution in [0, 0.1) is 6.92 Å². The number of nitrogens with one attached hydrogen (secondary N) is 1. The largest absolute Gasteiger partial charge is 0.349 e. The molecule has 0 aliphatic heterocycles. The molecule has 0 amide bonds. The van der Waals surface area contributed by atoms with Crippen molar-refractivity contribution in [2.75, 3.05) is 0 Å². The number of H-pyrrole nitrogens is 1. The first-order valence-corrected chi connectivity index (χ1v) is 7.48. The van der Waals surface area contributed by atoms with Gasteiger partial charge in [-0.25, -0.2) is 9.97 Å². The van der Waals surface area contributed by atoms with Crippen LogP contribution >= 0.6 is 11.3 Å². The lowest BCUT2D eigenvalue weighted by molar-refractivity contribution is 0.647. The molecule has 0 unspecified atom stereocenters. The van der Waals surface area contributed by atoms with Crippen molar-refractivity contribution >= 4 is 21.6 Å². The van der Waals surface area contributed by atoms with E-state index in [2.05, 4.69) is 28.8 Å². The number of fused-ring (bicyclic) bond motifs is 1. The number of hydrogen-bond donors (Lipinski definition) is 1. The second kappa shape index (κ2) is 5.20. The Morgan fingerprint density at radius 3 is 2.95 bits per heavy atom. The monoisotopic (exact) mass is 288 g/mol. The molecule has 3 aromatic heterocycles. The number of aromatic nitrogens is 4. The number of rotatable bonds is 4. The van der Waals surface area contributed by atoms with Crippen molar-refractivity contribution < 1.29 is 0 Å². The average molecular weight is 288 g/mol. The lowest BCUT2D eigenvalue weighted by Gasteiger charge is -2.04. The quantitative estimate of drug-likeness (QED) is 0.801. The molecule has 3 heterocycles. The summed E-state index contributed by atoms with van der Waals surface area (Å²) in [6.45, 7) is 4.72. The van der Waals surface area contributed by atoms with Crippen LogP contribution in [0.3, 0.4) is 0 Å². The normalized spacial score (nSPS) is 11.3. The standard InChI is InChI=1S/C14H16N4OS/c1-3-10-9(2)20-13-12(10)14(19)18(8-17-13)7-4-11-15-5-6-16-11/h5-6,8H,3-4,7H2,1-2H3,(H,15,16). The molecule has 1 N–H and O–H groups in total. The minimum Gasteiger partial charge on any atom is -0.349 e. The van der Waals surface area contributed by atoms with E-state index < -0.39 is 0 Å². The zero-order valence-electron chi connectivity index (χ0n) is 11.5. The molecule has 0 aliphatic rings. The molecule has 104 valence electrons. The van der Waals surface area contributed by atoms with E-state index >= 15 is 0 Å². The minimum atomic E-state index is 0.0581. The molecular weight excluding hydrogens is 272 g/mol. The maximum absolute atomic E-state index is 12.6. The highest BCUT2D eigenvalue weighted by molar-refractivity contribution is 7.18. The SMILES string of the molecule is CCc1c(C)sc2ncn(CCc3ncc[nH]3)c(=O)c12. The van der Waals surface area contributed by atoms with Crippen LogP contribution in [0.4, 0.5) is 0 Å². The summed E-state index contributed by atoms with van der Waals surface area (Å²) >= 11 is 1.60. The van der Waals surface area contributed by atoms with Gasteiger partial charge in [-0.3, -0.25) is 9.36 Å². The van der Waals surface area contributed by atoms with Crippen LogP contribution in [0.1, 0.15) is 23.2 Å². The highest BCUT2D eigenvalue weighted by Crippen LogP contribution is 2.26. The van der Waals surface area contributed by atoms with Gasteiger partial charge in [0.2, 0.25) is 0 Å². The summed E-state index contributed by atoms with van der Waals surface area (Å²) in [6.07, 6.45) is 6.71. The number of imidazole rings is 1. The molecule has 3 aromatic rings. The average Bonchev–Trinajstić information content (AvgIpc) is 3.05. The molecule has 0 radical (unpaired) electrons. The Labute approximate surface area is 120 Å². The van der Waals surface area contributed by atoms with Gasteiger partial charge in [-0.1, -0.05) is 6.92 Å². The van der Waals surface area contributed by atoms with E-state index in [1.807, 2.05) is 0 Å². The van der Waals surface area contributed by atoms with Crippen molar-refractivity contribution in [2.24, 2.45) is 0 Å². The lowest BCUT2D eigenvalue weighted by atomic mass is 10.1. The Balaban J connectivity index is 2.00. The maximum atomic E-state index is 12.6. The summed E-state index contributed by atoms with van der Waals surface area (Å²) in [7, 11) is 0. The topological polar surface area (TPSA) is 63.6 Å². The molecule has 5 nitrogen and oxygen atoms in total. The van der Waals surface area contributed by atoms with Gasteiger partial charge in [-0.15, -0.1) is 11.3 Å². The van der Waals surface area contributed by atoms with E-state index in [0.717, 1.165) is 28.0 Å².